The molecule has 0 spiro atoms. The van der Waals surface area contributed by atoms with Crippen LogP contribution in [-0.4, -0.2) is 0 Å². The minimum atomic E-state index is 0.800. The lowest BCUT2D eigenvalue weighted by Gasteiger charge is -2.13. The zero-order valence-electron chi connectivity index (χ0n) is 11.2. The Balaban J connectivity index is 2.14. The van der Waals surface area contributed by atoms with E-state index in [1.54, 1.807) is 0 Å². The Hall–Kier alpha value is -1.96. The Morgan fingerprint density at radius 3 is 2.50 bits per heavy atom. The summed E-state index contributed by atoms with van der Waals surface area (Å²) in [7, 11) is 0. The van der Waals surface area contributed by atoms with Crippen molar-refractivity contribution < 1.29 is 0 Å². The number of benzene rings is 2. The zero-order valence-corrected chi connectivity index (χ0v) is 11.2. The fraction of sp³-hybridized carbons (Fsp3) is 0.250. The van der Waals surface area contributed by atoms with Gasteiger partial charge in [0.05, 0.1) is 0 Å². The molecule has 2 rings (SSSR count). The summed E-state index contributed by atoms with van der Waals surface area (Å²) in [6, 6.07) is 12.3. The summed E-state index contributed by atoms with van der Waals surface area (Å²) in [4.78, 5) is 0. The smallest absolute Gasteiger partial charge is 0.0401 e. The van der Waals surface area contributed by atoms with Crippen LogP contribution in [0, 0.1) is 20.8 Å². The largest absolute Gasteiger partial charge is 0.399 e. The number of aryl methyl sites for hydroxylation is 1. The fourth-order valence-corrected chi connectivity index (χ4v) is 2.05. The molecule has 0 aliphatic heterocycles. The number of nitrogens with one attached hydrogen (secondary N) is 1. The summed E-state index contributed by atoms with van der Waals surface area (Å²) in [5, 5.41) is 3.47. The van der Waals surface area contributed by atoms with E-state index in [4.69, 9.17) is 5.73 Å². The van der Waals surface area contributed by atoms with Gasteiger partial charge in [-0.1, -0.05) is 18.2 Å². The highest BCUT2D eigenvalue weighted by molar-refractivity contribution is 5.56. The van der Waals surface area contributed by atoms with Gasteiger partial charge in [0.25, 0.3) is 0 Å². The number of hydrogen-bond donors (Lipinski definition) is 2. The molecule has 2 heteroatoms. The molecule has 0 radical (unpaired) electrons. The van der Waals surface area contributed by atoms with Gasteiger partial charge in [-0.15, -0.1) is 0 Å². The summed E-state index contributed by atoms with van der Waals surface area (Å²) < 4.78 is 0. The molecular formula is C16H20N2. The quantitative estimate of drug-likeness (QED) is 0.801. The summed E-state index contributed by atoms with van der Waals surface area (Å²) in [6.07, 6.45) is 0. The SMILES string of the molecule is Cc1ccc(NCc2cccc(N)c2)c(C)c1C. The minimum absolute atomic E-state index is 0.800. The van der Waals surface area contributed by atoms with Crippen molar-refractivity contribution in [1.82, 2.24) is 0 Å². The summed E-state index contributed by atoms with van der Waals surface area (Å²) >= 11 is 0. The first-order chi connectivity index (χ1) is 8.58. The number of nitrogens with two attached hydrogens (primary N) is 1. The minimum Gasteiger partial charge on any atom is -0.399 e. The van der Waals surface area contributed by atoms with Crippen LogP contribution in [0.3, 0.4) is 0 Å². The van der Waals surface area contributed by atoms with Crippen LogP contribution in [0.5, 0.6) is 0 Å². The second-order valence-corrected chi connectivity index (χ2v) is 4.78. The van der Waals surface area contributed by atoms with Crippen LogP contribution in [-0.2, 0) is 6.54 Å². The molecule has 0 heterocycles. The first-order valence-electron chi connectivity index (χ1n) is 6.23. The monoisotopic (exact) mass is 240 g/mol. The van der Waals surface area contributed by atoms with E-state index in [0.29, 0.717) is 0 Å². The molecule has 3 N–H and O–H groups in total. The maximum absolute atomic E-state index is 5.77. The Kier molecular flexibility index (Phi) is 3.56. The second kappa shape index (κ2) is 5.13. The average molecular weight is 240 g/mol. The van der Waals surface area contributed by atoms with Gasteiger partial charge in [-0.2, -0.15) is 0 Å². The van der Waals surface area contributed by atoms with Crippen LogP contribution in [0.1, 0.15) is 22.3 Å². The van der Waals surface area contributed by atoms with E-state index in [1.807, 2.05) is 18.2 Å². The fourth-order valence-electron chi connectivity index (χ4n) is 2.05. The lowest BCUT2D eigenvalue weighted by molar-refractivity contribution is 1.13. The predicted octanol–water partition coefficient (Wildman–Crippen LogP) is 3.81. The zero-order chi connectivity index (χ0) is 13.1. The lowest BCUT2D eigenvalue weighted by atomic mass is 10.0. The van der Waals surface area contributed by atoms with Crippen molar-refractivity contribution in [2.24, 2.45) is 0 Å². The molecule has 0 aromatic heterocycles. The molecule has 0 bridgehead atoms. The van der Waals surface area contributed by atoms with Gasteiger partial charge in [-0.05, 0) is 61.2 Å². The third-order valence-corrected chi connectivity index (χ3v) is 3.49. The second-order valence-electron chi connectivity index (χ2n) is 4.78. The summed E-state index contributed by atoms with van der Waals surface area (Å²) in [5.41, 5.74) is 13.0. The van der Waals surface area contributed by atoms with E-state index in [-0.39, 0.29) is 0 Å². The molecule has 0 saturated carbocycles. The Morgan fingerprint density at radius 2 is 1.78 bits per heavy atom. The van der Waals surface area contributed by atoms with Gasteiger partial charge in [0.2, 0.25) is 0 Å². The van der Waals surface area contributed by atoms with E-state index in [1.165, 1.54) is 27.9 Å². The van der Waals surface area contributed by atoms with Crippen LogP contribution in [0.2, 0.25) is 0 Å². The van der Waals surface area contributed by atoms with Gasteiger partial charge in [0.1, 0.15) is 0 Å². The molecule has 0 aliphatic carbocycles. The van der Waals surface area contributed by atoms with Crippen LogP contribution in [0.25, 0.3) is 0 Å². The molecule has 0 saturated heterocycles. The first kappa shape index (κ1) is 12.5. The van der Waals surface area contributed by atoms with E-state index < -0.39 is 0 Å². The van der Waals surface area contributed by atoms with E-state index in [2.05, 4.69) is 44.3 Å². The van der Waals surface area contributed by atoms with Crippen molar-refractivity contribution in [3.05, 3.63) is 58.7 Å². The number of hydrogen-bond acceptors (Lipinski definition) is 2. The molecule has 0 unspecified atom stereocenters. The van der Waals surface area contributed by atoms with Gasteiger partial charge in [0, 0.05) is 17.9 Å². The number of nitrogen functional groups attached to an aromatic ring is 1. The van der Waals surface area contributed by atoms with Gasteiger partial charge >= 0.3 is 0 Å². The molecular weight excluding hydrogens is 220 g/mol. The topological polar surface area (TPSA) is 38.0 Å². The number of rotatable bonds is 3. The van der Waals surface area contributed by atoms with Crippen molar-refractivity contribution in [2.45, 2.75) is 27.3 Å². The van der Waals surface area contributed by atoms with E-state index >= 15 is 0 Å². The molecule has 94 valence electrons. The third kappa shape index (κ3) is 2.65. The Morgan fingerprint density at radius 1 is 1.00 bits per heavy atom. The number of anilines is 2. The van der Waals surface area contributed by atoms with Crippen LogP contribution >= 0.6 is 0 Å². The summed E-state index contributed by atoms with van der Waals surface area (Å²) in [5.74, 6) is 0. The molecule has 0 amide bonds. The average Bonchev–Trinajstić information content (AvgIpc) is 2.35. The predicted molar refractivity (Wildman–Crippen MR) is 78.8 cm³/mol. The Labute approximate surface area is 109 Å². The van der Waals surface area contributed by atoms with Gasteiger partial charge in [-0.25, -0.2) is 0 Å². The summed E-state index contributed by atoms with van der Waals surface area (Å²) in [6.45, 7) is 7.26. The standard InChI is InChI=1S/C16H20N2/c1-11-7-8-16(13(3)12(11)2)18-10-14-5-4-6-15(17)9-14/h4-9,18H,10,17H2,1-3H3. The first-order valence-corrected chi connectivity index (χ1v) is 6.23. The molecule has 2 aromatic carbocycles. The van der Waals surface area contributed by atoms with Gasteiger partial charge < -0.3 is 11.1 Å². The van der Waals surface area contributed by atoms with Crippen LogP contribution < -0.4 is 11.1 Å². The molecule has 0 aliphatic rings. The van der Waals surface area contributed by atoms with Crippen LogP contribution in [0.15, 0.2) is 36.4 Å². The molecule has 2 nitrogen and oxygen atoms in total. The maximum Gasteiger partial charge on any atom is 0.0401 e. The van der Waals surface area contributed by atoms with Crippen molar-refractivity contribution >= 4 is 11.4 Å². The Bertz CT molecular complexity index is 559. The van der Waals surface area contributed by atoms with Crippen molar-refractivity contribution in [3.8, 4) is 0 Å². The van der Waals surface area contributed by atoms with E-state index in [0.717, 1.165) is 12.2 Å². The van der Waals surface area contributed by atoms with Gasteiger partial charge in [0.15, 0.2) is 0 Å². The normalized spacial score (nSPS) is 10.4. The molecule has 0 atom stereocenters. The van der Waals surface area contributed by atoms with E-state index in [9.17, 15) is 0 Å². The maximum atomic E-state index is 5.77. The van der Waals surface area contributed by atoms with Crippen molar-refractivity contribution in [3.63, 3.8) is 0 Å². The molecule has 0 fully saturated rings. The third-order valence-electron chi connectivity index (χ3n) is 3.49. The van der Waals surface area contributed by atoms with Crippen molar-refractivity contribution in [1.29, 1.82) is 0 Å². The lowest BCUT2D eigenvalue weighted by Crippen LogP contribution is -2.03. The van der Waals surface area contributed by atoms with Gasteiger partial charge in [-0.3, -0.25) is 0 Å². The van der Waals surface area contributed by atoms with Crippen molar-refractivity contribution in [2.75, 3.05) is 11.1 Å². The highest BCUT2D eigenvalue weighted by Crippen LogP contribution is 2.22. The highest BCUT2D eigenvalue weighted by atomic mass is 14.9. The molecule has 18 heavy (non-hydrogen) atoms. The molecule has 2 aromatic rings. The highest BCUT2D eigenvalue weighted by Gasteiger charge is 2.03. The van der Waals surface area contributed by atoms with Crippen LogP contribution in [0.4, 0.5) is 11.4 Å².